The summed E-state index contributed by atoms with van der Waals surface area (Å²) in [7, 11) is 0. The standard InChI is InChI=1S/C38H46F3N7O2/c39-38(40,41)29-14-12-27(13-15-29)31-10-1-2-11-32(31)36(49)44-30-16-24-45(25-17-30)18-3-4-23-48(37(50)28-8-5-9-28)33-34(46-19-6-20-46)42-26-43-35(33)47-21-7-22-47/h1-2,10-15,26,28,30H,3-9,16-25H2,(H,44,49). The first kappa shape index (κ1) is 34.3. The number of amides is 2. The maximum atomic E-state index is 13.9. The zero-order valence-corrected chi connectivity index (χ0v) is 28.5. The van der Waals surface area contributed by atoms with E-state index >= 15 is 0 Å². The van der Waals surface area contributed by atoms with Crippen molar-refractivity contribution in [1.82, 2.24) is 20.2 Å². The number of anilines is 3. The molecule has 0 radical (unpaired) electrons. The molecule has 1 saturated carbocycles. The van der Waals surface area contributed by atoms with Crippen molar-refractivity contribution in [3.8, 4) is 11.1 Å². The van der Waals surface area contributed by atoms with E-state index in [9.17, 15) is 22.8 Å². The van der Waals surface area contributed by atoms with Crippen LogP contribution in [0.2, 0.25) is 0 Å². The molecule has 50 heavy (non-hydrogen) atoms. The second-order valence-corrected chi connectivity index (χ2v) is 14.1. The molecule has 12 heteroatoms. The van der Waals surface area contributed by atoms with Gasteiger partial charge in [-0.3, -0.25) is 9.59 Å². The molecule has 7 rings (SSSR count). The Hall–Kier alpha value is -4.19. The van der Waals surface area contributed by atoms with E-state index in [1.54, 1.807) is 30.6 Å². The summed E-state index contributed by atoms with van der Waals surface area (Å²) in [5.41, 5.74) is 1.82. The van der Waals surface area contributed by atoms with E-state index in [2.05, 4.69) is 20.0 Å². The Labute approximate surface area is 291 Å². The van der Waals surface area contributed by atoms with Crippen molar-refractivity contribution in [3.63, 3.8) is 0 Å². The Morgan fingerprint density at radius 3 is 2.00 bits per heavy atom. The van der Waals surface area contributed by atoms with Gasteiger partial charge in [0.2, 0.25) is 5.91 Å². The van der Waals surface area contributed by atoms with Gasteiger partial charge >= 0.3 is 6.18 Å². The van der Waals surface area contributed by atoms with Crippen molar-refractivity contribution in [2.24, 2.45) is 5.92 Å². The van der Waals surface area contributed by atoms with E-state index in [-0.39, 0.29) is 23.8 Å². The minimum absolute atomic E-state index is 0.0212. The van der Waals surface area contributed by atoms with Crippen LogP contribution in [0.25, 0.3) is 11.1 Å². The van der Waals surface area contributed by atoms with Crippen LogP contribution in [0.1, 0.15) is 73.7 Å². The second kappa shape index (κ2) is 15.0. The summed E-state index contributed by atoms with van der Waals surface area (Å²) in [6, 6.07) is 12.0. The van der Waals surface area contributed by atoms with Crippen LogP contribution < -0.4 is 20.0 Å². The normalized spacial score (nSPS) is 18.6. The Morgan fingerprint density at radius 1 is 0.800 bits per heavy atom. The lowest BCUT2D eigenvalue weighted by Gasteiger charge is -2.41. The van der Waals surface area contributed by atoms with Crippen LogP contribution in [0.5, 0.6) is 0 Å². The van der Waals surface area contributed by atoms with Gasteiger partial charge < -0.3 is 24.9 Å². The smallest absolute Gasteiger partial charge is 0.355 e. The summed E-state index contributed by atoms with van der Waals surface area (Å²) in [5, 5.41) is 3.17. The fraction of sp³-hybridized carbons (Fsp3) is 0.526. The molecular weight excluding hydrogens is 643 g/mol. The number of piperidine rings is 1. The highest BCUT2D eigenvalue weighted by molar-refractivity contribution is 6.02. The van der Waals surface area contributed by atoms with Gasteiger partial charge in [0.25, 0.3) is 5.91 Å². The molecule has 0 atom stereocenters. The third-order valence-electron chi connectivity index (χ3n) is 10.8. The van der Waals surface area contributed by atoms with E-state index in [0.29, 0.717) is 23.2 Å². The number of likely N-dealkylation sites (tertiary alicyclic amines) is 1. The van der Waals surface area contributed by atoms with Gasteiger partial charge in [-0.25, -0.2) is 9.97 Å². The van der Waals surface area contributed by atoms with Gasteiger partial charge in [-0.2, -0.15) is 13.2 Å². The van der Waals surface area contributed by atoms with Crippen molar-refractivity contribution in [3.05, 3.63) is 66.0 Å². The lowest BCUT2D eigenvalue weighted by atomic mass is 9.84. The number of carbonyl (C=O) groups is 2. The van der Waals surface area contributed by atoms with Gasteiger partial charge in [0.05, 0.1) is 5.56 Å². The van der Waals surface area contributed by atoms with Crippen LogP contribution in [0.3, 0.4) is 0 Å². The Morgan fingerprint density at radius 2 is 1.44 bits per heavy atom. The predicted molar refractivity (Wildman–Crippen MR) is 188 cm³/mol. The summed E-state index contributed by atoms with van der Waals surface area (Å²) in [4.78, 5) is 45.7. The molecule has 1 aromatic heterocycles. The van der Waals surface area contributed by atoms with Crippen molar-refractivity contribution in [2.75, 3.05) is 67.1 Å². The molecule has 4 heterocycles. The molecule has 1 aliphatic carbocycles. The minimum atomic E-state index is -4.41. The summed E-state index contributed by atoms with van der Waals surface area (Å²) in [5.74, 6) is 1.87. The first-order chi connectivity index (χ1) is 24.3. The number of nitrogens with zero attached hydrogens (tertiary/aromatic N) is 6. The highest BCUT2D eigenvalue weighted by Crippen LogP contribution is 2.41. The molecule has 2 amide bonds. The van der Waals surface area contributed by atoms with Gasteiger partial charge in [0, 0.05) is 63.3 Å². The van der Waals surface area contributed by atoms with E-state index in [1.165, 1.54) is 12.1 Å². The molecule has 0 spiro atoms. The highest BCUT2D eigenvalue weighted by atomic mass is 19.4. The van der Waals surface area contributed by atoms with Crippen LogP contribution in [0.4, 0.5) is 30.5 Å². The number of carbonyl (C=O) groups excluding carboxylic acids is 2. The van der Waals surface area contributed by atoms with Crippen molar-refractivity contribution < 1.29 is 22.8 Å². The second-order valence-electron chi connectivity index (χ2n) is 14.1. The van der Waals surface area contributed by atoms with Crippen molar-refractivity contribution in [2.45, 2.75) is 70.0 Å². The van der Waals surface area contributed by atoms with Crippen LogP contribution in [0, 0.1) is 5.92 Å². The first-order valence-electron chi connectivity index (χ1n) is 18.2. The molecule has 0 bridgehead atoms. The van der Waals surface area contributed by atoms with Gasteiger partial charge in [0.1, 0.15) is 12.0 Å². The number of benzene rings is 2. The molecular formula is C38H46F3N7O2. The number of nitrogens with one attached hydrogen (secondary N) is 1. The maximum absolute atomic E-state index is 13.9. The number of unbranched alkanes of at least 4 members (excludes halogenated alkanes) is 1. The number of hydrogen-bond acceptors (Lipinski definition) is 7. The fourth-order valence-electron chi connectivity index (χ4n) is 7.27. The molecule has 0 unspecified atom stereocenters. The SMILES string of the molecule is O=C(NC1CCN(CCCCN(C(=O)C2CCC2)c2c(N3CCC3)ncnc2N2CCC2)CC1)c1ccccc1-c1ccc(C(F)(F)F)cc1. The van der Waals surface area contributed by atoms with E-state index < -0.39 is 11.7 Å². The van der Waals surface area contributed by atoms with Crippen molar-refractivity contribution in [1.29, 1.82) is 0 Å². The summed E-state index contributed by atoms with van der Waals surface area (Å²) in [6.45, 7) is 7.12. The maximum Gasteiger partial charge on any atom is 0.416 e. The third-order valence-corrected chi connectivity index (χ3v) is 10.8. The zero-order valence-electron chi connectivity index (χ0n) is 28.5. The lowest BCUT2D eigenvalue weighted by molar-refractivity contribution is -0.137. The Balaban J connectivity index is 0.932. The van der Waals surface area contributed by atoms with Crippen molar-refractivity contribution >= 4 is 29.1 Å². The van der Waals surface area contributed by atoms with Crippen LogP contribution in [-0.4, -0.2) is 85.1 Å². The Bertz CT molecular complexity index is 1610. The topological polar surface area (TPSA) is 84.9 Å². The molecule has 4 fully saturated rings. The largest absolute Gasteiger partial charge is 0.416 e. The number of halogens is 3. The van der Waals surface area contributed by atoms with Gasteiger partial charge in [0.15, 0.2) is 11.6 Å². The average molecular weight is 690 g/mol. The molecule has 2 aromatic carbocycles. The van der Waals surface area contributed by atoms with E-state index in [4.69, 9.17) is 9.97 Å². The predicted octanol–water partition coefficient (Wildman–Crippen LogP) is 6.39. The summed E-state index contributed by atoms with van der Waals surface area (Å²) in [6.07, 6.45) is 6.00. The highest BCUT2D eigenvalue weighted by Gasteiger charge is 2.36. The van der Waals surface area contributed by atoms with Crippen LogP contribution >= 0.6 is 0 Å². The summed E-state index contributed by atoms with van der Waals surface area (Å²) < 4.78 is 39.2. The van der Waals surface area contributed by atoms with Gasteiger partial charge in [-0.1, -0.05) is 36.8 Å². The molecule has 9 nitrogen and oxygen atoms in total. The number of alkyl halides is 3. The molecule has 3 saturated heterocycles. The monoisotopic (exact) mass is 689 g/mol. The third kappa shape index (κ3) is 7.45. The van der Waals surface area contributed by atoms with Crippen LogP contribution in [0.15, 0.2) is 54.9 Å². The molecule has 4 aliphatic rings. The minimum Gasteiger partial charge on any atom is -0.355 e. The van der Waals surface area contributed by atoms with Gasteiger partial charge in [-0.05, 0) is 87.2 Å². The fourth-order valence-corrected chi connectivity index (χ4v) is 7.27. The molecule has 266 valence electrons. The van der Waals surface area contributed by atoms with E-state index in [0.717, 1.165) is 133 Å². The molecule has 3 aromatic rings. The number of aromatic nitrogens is 2. The van der Waals surface area contributed by atoms with Gasteiger partial charge in [-0.15, -0.1) is 0 Å². The summed E-state index contributed by atoms with van der Waals surface area (Å²) >= 11 is 0. The molecule has 1 N–H and O–H groups in total. The van der Waals surface area contributed by atoms with Crippen LogP contribution in [-0.2, 0) is 11.0 Å². The van der Waals surface area contributed by atoms with E-state index in [1.807, 2.05) is 4.90 Å². The number of hydrogen-bond donors (Lipinski definition) is 1. The molecule has 3 aliphatic heterocycles. The zero-order chi connectivity index (χ0) is 34.7. The Kier molecular flexibility index (Phi) is 10.3. The quantitative estimate of drug-likeness (QED) is 0.221. The average Bonchev–Trinajstić information content (AvgIpc) is 3.03. The number of rotatable bonds is 12. The first-order valence-corrected chi connectivity index (χ1v) is 18.2. The lowest BCUT2D eigenvalue weighted by Crippen LogP contribution is -2.46.